The molecule has 96 valence electrons. The van der Waals surface area contributed by atoms with Gasteiger partial charge >= 0.3 is 0 Å². The summed E-state index contributed by atoms with van der Waals surface area (Å²) >= 11 is 0. The van der Waals surface area contributed by atoms with Gasteiger partial charge in [-0.2, -0.15) is 0 Å². The number of rotatable bonds is 2. The van der Waals surface area contributed by atoms with Crippen molar-refractivity contribution in [3.63, 3.8) is 0 Å². The van der Waals surface area contributed by atoms with Crippen molar-refractivity contribution in [2.75, 3.05) is 6.61 Å². The maximum absolute atomic E-state index is 12.8. The van der Waals surface area contributed by atoms with Crippen LogP contribution in [0.3, 0.4) is 0 Å². The van der Waals surface area contributed by atoms with Crippen LogP contribution in [0.1, 0.15) is 16.8 Å². The van der Waals surface area contributed by atoms with Gasteiger partial charge in [0.2, 0.25) is 0 Å². The highest BCUT2D eigenvalue weighted by Crippen LogP contribution is 2.37. The quantitative estimate of drug-likeness (QED) is 0.811. The number of fused-ring (bicyclic) bond motifs is 1. The highest BCUT2D eigenvalue weighted by Gasteiger charge is 2.52. The molecule has 3 N–H and O–H groups in total. The Balaban J connectivity index is 1.66. The van der Waals surface area contributed by atoms with E-state index in [1.165, 1.54) is 24.3 Å². The summed E-state index contributed by atoms with van der Waals surface area (Å²) in [4.78, 5) is 11.9. The number of halogens is 1. The van der Waals surface area contributed by atoms with E-state index in [2.05, 4.69) is 5.32 Å². The molecular formula is C13H15FN2O2. The van der Waals surface area contributed by atoms with Crippen molar-refractivity contribution >= 4 is 5.91 Å². The summed E-state index contributed by atoms with van der Waals surface area (Å²) in [7, 11) is 0. The first-order valence-corrected chi connectivity index (χ1v) is 6.10. The highest BCUT2D eigenvalue weighted by atomic mass is 19.1. The van der Waals surface area contributed by atoms with Crippen LogP contribution in [0.5, 0.6) is 0 Å². The van der Waals surface area contributed by atoms with Gasteiger partial charge in [-0.05, 0) is 30.7 Å². The Kier molecular flexibility index (Phi) is 2.80. The number of nitrogens with one attached hydrogen (secondary N) is 1. The average molecular weight is 250 g/mol. The Morgan fingerprint density at radius 2 is 2.11 bits per heavy atom. The van der Waals surface area contributed by atoms with Crippen molar-refractivity contribution < 1.29 is 13.9 Å². The fourth-order valence-corrected chi connectivity index (χ4v) is 2.76. The average Bonchev–Trinajstić information content (AvgIpc) is 2.81. The molecule has 1 heterocycles. The van der Waals surface area contributed by atoms with Gasteiger partial charge in [0.05, 0.1) is 12.1 Å². The minimum Gasteiger partial charge on any atom is -0.376 e. The fraction of sp³-hybridized carbons (Fsp3) is 0.462. The van der Waals surface area contributed by atoms with Crippen molar-refractivity contribution in [3.05, 3.63) is 35.6 Å². The predicted octanol–water partition coefficient (Wildman–Crippen LogP) is 0.670. The Labute approximate surface area is 104 Å². The van der Waals surface area contributed by atoms with Crippen LogP contribution < -0.4 is 11.1 Å². The zero-order valence-electron chi connectivity index (χ0n) is 9.80. The van der Waals surface area contributed by atoms with Gasteiger partial charge in [0.1, 0.15) is 5.82 Å². The third-order valence-electron chi connectivity index (χ3n) is 3.85. The van der Waals surface area contributed by atoms with Crippen LogP contribution in [0.15, 0.2) is 24.3 Å². The van der Waals surface area contributed by atoms with E-state index in [4.69, 9.17) is 10.5 Å². The Morgan fingerprint density at radius 3 is 2.83 bits per heavy atom. The number of carbonyl (C=O) groups is 1. The maximum atomic E-state index is 12.8. The molecule has 0 bridgehead atoms. The van der Waals surface area contributed by atoms with Gasteiger partial charge in [0.25, 0.3) is 5.91 Å². The van der Waals surface area contributed by atoms with E-state index in [9.17, 15) is 9.18 Å². The molecule has 1 amide bonds. The van der Waals surface area contributed by atoms with Crippen LogP contribution in [0.2, 0.25) is 0 Å². The van der Waals surface area contributed by atoms with E-state index in [0.29, 0.717) is 18.1 Å². The first kappa shape index (κ1) is 11.6. The minimum atomic E-state index is -0.355. The van der Waals surface area contributed by atoms with E-state index in [1.807, 2.05) is 0 Å². The van der Waals surface area contributed by atoms with Crippen molar-refractivity contribution in [1.29, 1.82) is 0 Å². The second-order valence-electron chi connectivity index (χ2n) is 4.87. The molecule has 1 aromatic carbocycles. The molecule has 0 spiro atoms. The summed E-state index contributed by atoms with van der Waals surface area (Å²) in [5.74, 6) is -0.223. The molecular weight excluding hydrogens is 235 g/mol. The number of benzene rings is 1. The number of amides is 1. The maximum Gasteiger partial charge on any atom is 0.251 e. The molecule has 1 saturated carbocycles. The lowest BCUT2D eigenvalue weighted by Gasteiger charge is -2.45. The molecule has 4 atom stereocenters. The molecule has 0 aromatic heterocycles. The lowest BCUT2D eigenvalue weighted by atomic mass is 9.72. The predicted molar refractivity (Wildman–Crippen MR) is 63.5 cm³/mol. The molecule has 0 radical (unpaired) electrons. The molecule has 5 heteroatoms. The third-order valence-corrected chi connectivity index (χ3v) is 3.85. The van der Waals surface area contributed by atoms with Gasteiger partial charge in [0.15, 0.2) is 0 Å². The minimum absolute atomic E-state index is 0.0399. The summed E-state index contributed by atoms with van der Waals surface area (Å²) in [6.07, 6.45) is 1.01. The Bertz CT molecular complexity index is 463. The zero-order chi connectivity index (χ0) is 12.7. The van der Waals surface area contributed by atoms with E-state index < -0.39 is 0 Å². The first-order valence-electron chi connectivity index (χ1n) is 6.10. The number of hydrogen-bond donors (Lipinski definition) is 2. The van der Waals surface area contributed by atoms with E-state index in [1.54, 1.807) is 0 Å². The number of carbonyl (C=O) groups excluding carboxylic acids is 1. The largest absolute Gasteiger partial charge is 0.376 e. The first-order chi connectivity index (χ1) is 8.66. The van der Waals surface area contributed by atoms with Gasteiger partial charge in [-0.1, -0.05) is 0 Å². The molecule has 2 aliphatic rings. The van der Waals surface area contributed by atoms with Crippen LogP contribution >= 0.6 is 0 Å². The molecule has 1 aliphatic carbocycles. The van der Waals surface area contributed by atoms with Gasteiger partial charge in [-0.15, -0.1) is 0 Å². The SMILES string of the molecule is NC1C2CCOC2C1NC(=O)c1ccc(F)cc1. The van der Waals surface area contributed by atoms with Gasteiger partial charge in [0, 0.05) is 24.1 Å². The van der Waals surface area contributed by atoms with Crippen LogP contribution in [0.4, 0.5) is 4.39 Å². The molecule has 4 nitrogen and oxygen atoms in total. The summed E-state index contributed by atoms with van der Waals surface area (Å²) in [6, 6.07) is 5.29. The molecule has 2 fully saturated rings. The second-order valence-corrected chi connectivity index (χ2v) is 4.87. The molecule has 3 rings (SSSR count). The van der Waals surface area contributed by atoms with Crippen molar-refractivity contribution in [2.24, 2.45) is 11.7 Å². The van der Waals surface area contributed by atoms with Crippen molar-refractivity contribution in [3.8, 4) is 0 Å². The van der Waals surface area contributed by atoms with Crippen molar-refractivity contribution in [2.45, 2.75) is 24.6 Å². The molecule has 1 aliphatic heterocycles. The van der Waals surface area contributed by atoms with Crippen LogP contribution in [0, 0.1) is 11.7 Å². The van der Waals surface area contributed by atoms with Crippen LogP contribution in [-0.4, -0.2) is 30.7 Å². The Morgan fingerprint density at radius 1 is 1.39 bits per heavy atom. The third kappa shape index (κ3) is 1.79. The van der Waals surface area contributed by atoms with Gasteiger partial charge < -0.3 is 15.8 Å². The highest BCUT2D eigenvalue weighted by molar-refractivity contribution is 5.94. The van der Waals surface area contributed by atoms with Gasteiger partial charge in [-0.3, -0.25) is 4.79 Å². The van der Waals surface area contributed by atoms with Crippen LogP contribution in [0.25, 0.3) is 0 Å². The summed E-state index contributed by atoms with van der Waals surface area (Å²) in [5, 5.41) is 2.86. The van der Waals surface area contributed by atoms with E-state index in [-0.39, 0.29) is 29.9 Å². The molecule has 1 aromatic rings. The summed E-state index contributed by atoms with van der Waals surface area (Å²) in [6.45, 7) is 0.714. The Hall–Kier alpha value is -1.46. The van der Waals surface area contributed by atoms with Gasteiger partial charge in [-0.25, -0.2) is 4.39 Å². The van der Waals surface area contributed by atoms with E-state index in [0.717, 1.165) is 6.42 Å². The summed E-state index contributed by atoms with van der Waals surface area (Å²) < 4.78 is 18.3. The normalized spacial score (nSPS) is 33.7. The number of ether oxygens (including phenoxy) is 1. The number of nitrogens with two attached hydrogens (primary N) is 1. The number of hydrogen-bond acceptors (Lipinski definition) is 3. The zero-order valence-corrected chi connectivity index (χ0v) is 9.80. The lowest BCUT2D eigenvalue weighted by molar-refractivity contribution is -0.0161. The standard InChI is InChI=1S/C13H15FN2O2/c14-8-3-1-7(2-4-8)13(17)16-11-10(15)9-5-6-18-12(9)11/h1-4,9-12H,5-6,15H2,(H,16,17). The molecule has 4 unspecified atom stereocenters. The molecule has 1 saturated heterocycles. The molecule has 18 heavy (non-hydrogen) atoms. The van der Waals surface area contributed by atoms with Crippen molar-refractivity contribution in [1.82, 2.24) is 5.32 Å². The van der Waals surface area contributed by atoms with E-state index >= 15 is 0 Å². The lowest BCUT2D eigenvalue weighted by Crippen LogP contribution is -2.68. The summed E-state index contributed by atoms with van der Waals surface area (Å²) in [5.41, 5.74) is 6.44. The fourth-order valence-electron chi connectivity index (χ4n) is 2.76. The van der Waals surface area contributed by atoms with Crippen LogP contribution in [-0.2, 0) is 4.74 Å². The second kappa shape index (κ2) is 4.33. The topological polar surface area (TPSA) is 64.3 Å². The monoisotopic (exact) mass is 250 g/mol. The smallest absolute Gasteiger partial charge is 0.251 e.